The first-order valence-electron chi connectivity index (χ1n) is 10.0. The molecule has 4 N–H and O–H groups in total. The summed E-state index contributed by atoms with van der Waals surface area (Å²) in [6.07, 6.45) is -3.00. The smallest absolute Gasteiger partial charge is 0.352 e. The number of nitrogens with two attached hydrogens (primary N) is 1. The lowest BCUT2D eigenvalue weighted by Gasteiger charge is -2.35. The molecule has 0 unspecified atom stereocenters. The number of hydrogen-bond donors (Lipinski definition) is 3. The summed E-state index contributed by atoms with van der Waals surface area (Å²) in [5.41, 5.74) is 4.80. The third-order valence-electron chi connectivity index (χ3n) is 5.40. The predicted molar refractivity (Wildman–Crippen MR) is 110 cm³/mol. The Kier molecular flexibility index (Phi) is 8.09. The van der Waals surface area contributed by atoms with E-state index < -0.39 is 51.2 Å². The number of benzene rings is 1. The van der Waals surface area contributed by atoms with Gasteiger partial charge in [-0.05, 0) is 57.2 Å². The molecule has 174 valence electrons. The molecule has 7 nitrogen and oxygen atoms in total. The van der Waals surface area contributed by atoms with E-state index in [0.29, 0.717) is 25.3 Å². The molecule has 0 aromatic heterocycles. The topological polar surface area (TPSA) is 118 Å². The van der Waals surface area contributed by atoms with Crippen molar-refractivity contribution in [1.29, 1.82) is 0 Å². The zero-order valence-corrected chi connectivity index (χ0v) is 18.2. The van der Waals surface area contributed by atoms with E-state index in [4.69, 9.17) is 5.73 Å². The predicted octanol–water partition coefficient (Wildman–Crippen LogP) is 1.87. The Labute approximate surface area is 179 Å². The minimum atomic E-state index is -4.58. The average molecular weight is 464 g/mol. The molecule has 1 aromatic carbocycles. The number of carbonyl (C=O) groups is 2. The first kappa shape index (κ1) is 25.1. The first-order chi connectivity index (χ1) is 14.3. The molecule has 1 saturated carbocycles. The molecule has 3 atom stereocenters. The largest absolute Gasteiger partial charge is 0.416 e. The molecular formula is C20H28F3N3O4S. The van der Waals surface area contributed by atoms with Gasteiger partial charge in [0.1, 0.15) is 0 Å². The normalized spacial score (nSPS) is 22.2. The minimum Gasteiger partial charge on any atom is -0.352 e. The van der Waals surface area contributed by atoms with Gasteiger partial charge in [0, 0.05) is 17.6 Å². The SMILES string of the molecule is CC(C)S(=O)(=O)C[C@H]1C[C@H](N)CC[C@@H]1NC(=O)CNC(=O)c1cccc(C(F)(F)F)c1. The van der Waals surface area contributed by atoms with E-state index in [0.717, 1.165) is 12.1 Å². The number of sulfone groups is 1. The van der Waals surface area contributed by atoms with Crippen LogP contribution in [0.2, 0.25) is 0 Å². The third kappa shape index (κ3) is 7.20. The maximum Gasteiger partial charge on any atom is 0.416 e. The van der Waals surface area contributed by atoms with Gasteiger partial charge in [-0.2, -0.15) is 13.2 Å². The average Bonchev–Trinajstić information content (AvgIpc) is 2.67. The van der Waals surface area contributed by atoms with Gasteiger partial charge in [0.25, 0.3) is 5.91 Å². The lowest BCUT2D eigenvalue weighted by molar-refractivity contribution is -0.137. The van der Waals surface area contributed by atoms with Gasteiger partial charge >= 0.3 is 6.18 Å². The van der Waals surface area contributed by atoms with E-state index in [2.05, 4.69) is 10.6 Å². The molecule has 31 heavy (non-hydrogen) atoms. The van der Waals surface area contributed by atoms with E-state index in [1.807, 2.05) is 0 Å². The van der Waals surface area contributed by atoms with Crippen LogP contribution in [-0.4, -0.2) is 49.9 Å². The highest BCUT2D eigenvalue weighted by Crippen LogP contribution is 2.29. The summed E-state index contributed by atoms with van der Waals surface area (Å²) in [5, 5.41) is 4.49. The quantitative estimate of drug-likeness (QED) is 0.571. The molecule has 0 heterocycles. The number of alkyl halides is 3. The van der Waals surface area contributed by atoms with Crippen LogP contribution in [0.3, 0.4) is 0 Å². The Bertz CT molecular complexity index is 903. The van der Waals surface area contributed by atoms with Crippen LogP contribution in [0.1, 0.15) is 49.0 Å². The second-order valence-corrected chi connectivity index (χ2v) is 10.7. The number of hydrogen-bond acceptors (Lipinski definition) is 5. The highest BCUT2D eigenvalue weighted by molar-refractivity contribution is 7.91. The second kappa shape index (κ2) is 9.99. The van der Waals surface area contributed by atoms with Crippen LogP contribution < -0.4 is 16.4 Å². The highest BCUT2D eigenvalue weighted by Gasteiger charge is 2.34. The van der Waals surface area contributed by atoms with E-state index in [9.17, 15) is 31.2 Å². The molecule has 0 radical (unpaired) electrons. The Hall–Kier alpha value is -2.14. The molecule has 1 aliphatic rings. The fourth-order valence-corrected chi connectivity index (χ4v) is 4.87. The van der Waals surface area contributed by atoms with Crippen molar-refractivity contribution in [2.45, 2.75) is 56.6 Å². The summed E-state index contributed by atoms with van der Waals surface area (Å²) in [4.78, 5) is 24.4. The van der Waals surface area contributed by atoms with Crippen LogP contribution in [0, 0.1) is 5.92 Å². The Morgan fingerprint density at radius 2 is 1.90 bits per heavy atom. The molecule has 0 spiro atoms. The molecular weight excluding hydrogens is 435 g/mol. The maximum atomic E-state index is 12.8. The number of carbonyl (C=O) groups excluding carboxylic acids is 2. The van der Waals surface area contributed by atoms with Crippen molar-refractivity contribution in [3.63, 3.8) is 0 Å². The van der Waals surface area contributed by atoms with Gasteiger partial charge in [0.15, 0.2) is 9.84 Å². The third-order valence-corrected chi connectivity index (χ3v) is 7.72. The van der Waals surface area contributed by atoms with Gasteiger partial charge in [0.05, 0.1) is 23.1 Å². The van der Waals surface area contributed by atoms with Crippen LogP contribution in [0.25, 0.3) is 0 Å². The summed E-state index contributed by atoms with van der Waals surface area (Å²) < 4.78 is 63.0. The summed E-state index contributed by atoms with van der Waals surface area (Å²) in [6, 6.07) is 3.33. The van der Waals surface area contributed by atoms with Gasteiger partial charge in [-0.1, -0.05) is 6.07 Å². The lowest BCUT2D eigenvalue weighted by Crippen LogP contribution is -2.51. The lowest BCUT2D eigenvalue weighted by atomic mass is 9.83. The minimum absolute atomic E-state index is 0.0973. The Morgan fingerprint density at radius 1 is 1.23 bits per heavy atom. The maximum absolute atomic E-state index is 12.8. The van der Waals surface area contributed by atoms with Crippen molar-refractivity contribution in [3.05, 3.63) is 35.4 Å². The number of halogens is 3. The molecule has 1 aromatic rings. The van der Waals surface area contributed by atoms with Gasteiger partial charge in [-0.15, -0.1) is 0 Å². The molecule has 2 rings (SSSR count). The molecule has 1 aliphatic carbocycles. The zero-order valence-electron chi connectivity index (χ0n) is 17.4. The highest BCUT2D eigenvalue weighted by atomic mass is 32.2. The number of rotatable bonds is 7. The van der Waals surface area contributed by atoms with Gasteiger partial charge < -0.3 is 16.4 Å². The molecule has 0 aliphatic heterocycles. The van der Waals surface area contributed by atoms with Gasteiger partial charge in [0.2, 0.25) is 5.91 Å². The molecule has 1 fully saturated rings. The standard InChI is InChI=1S/C20H28F3N3O4S/c1-12(2)31(29,30)11-14-9-16(24)6-7-17(14)26-18(27)10-25-19(28)13-4-3-5-15(8-13)20(21,22)23/h3-5,8,12,14,16-17H,6-7,9-11,24H2,1-2H3,(H,25,28)(H,26,27)/t14-,16-,17+/m1/s1. The monoisotopic (exact) mass is 463 g/mol. The first-order valence-corrected chi connectivity index (χ1v) is 11.7. The fourth-order valence-electron chi connectivity index (χ4n) is 3.52. The van der Waals surface area contributed by atoms with Crippen LogP contribution in [0.5, 0.6) is 0 Å². The summed E-state index contributed by atoms with van der Waals surface area (Å²) in [5.74, 6) is -1.81. The fraction of sp³-hybridized carbons (Fsp3) is 0.600. The van der Waals surface area contributed by atoms with E-state index >= 15 is 0 Å². The molecule has 11 heteroatoms. The van der Waals surface area contributed by atoms with Crippen molar-refractivity contribution in [3.8, 4) is 0 Å². The van der Waals surface area contributed by atoms with Crippen molar-refractivity contribution in [2.75, 3.05) is 12.3 Å². The van der Waals surface area contributed by atoms with Crippen molar-refractivity contribution < 1.29 is 31.2 Å². The Balaban J connectivity index is 1.97. The molecule has 2 amide bonds. The van der Waals surface area contributed by atoms with E-state index in [1.54, 1.807) is 13.8 Å². The van der Waals surface area contributed by atoms with Crippen LogP contribution in [-0.2, 0) is 20.8 Å². The molecule has 0 bridgehead atoms. The van der Waals surface area contributed by atoms with Crippen LogP contribution in [0.15, 0.2) is 24.3 Å². The zero-order chi connectivity index (χ0) is 23.4. The van der Waals surface area contributed by atoms with Crippen molar-refractivity contribution >= 4 is 21.7 Å². The second-order valence-electron chi connectivity index (χ2n) is 8.15. The summed E-state index contributed by atoms with van der Waals surface area (Å²) in [6.45, 7) is 2.74. The van der Waals surface area contributed by atoms with Crippen LogP contribution >= 0.6 is 0 Å². The number of nitrogens with one attached hydrogen (secondary N) is 2. The van der Waals surface area contributed by atoms with E-state index in [-0.39, 0.29) is 23.3 Å². The van der Waals surface area contributed by atoms with Gasteiger partial charge in [-0.3, -0.25) is 9.59 Å². The van der Waals surface area contributed by atoms with Gasteiger partial charge in [-0.25, -0.2) is 8.42 Å². The van der Waals surface area contributed by atoms with E-state index in [1.165, 1.54) is 6.07 Å². The van der Waals surface area contributed by atoms with Crippen molar-refractivity contribution in [1.82, 2.24) is 10.6 Å². The summed E-state index contributed by atoms with van der Waals surface area (Å²) in [7, 11) is -3.34. The summed E-state index contributed by atoms with van der Waals surface area (Å²) >= 11 is 0. The number of amides is 2. The Morgan fingerprint density at radius 3 is 2.52 bits per heavy atom. The van der Waals surface area contributed by atoms with Crippen LogP contribution in [0.4, 0.5) is 13.2 Å². The molecule has 0 saturated heterocycles. The van der Waals surface area contributed by atoms with Crippen molar-refractivity contribution in [2.24, 2.45) is 11.7 Å².